The van der Waals surface area contributed by atoms with Crippen LogP contribution in [0.2, 0.25) is 0 Å². The van der Waals surface area contributed by atoms with E-state index in [-0.39, 0.29) is 10.8 Å². The van der Waals surface area contributed by atoms with Crippen molar-refractivity contribution in [2.45, 2.75) is 11.3 Å². The van der Waals surface area contributed by atoms with Crippen molar-refractivity contribution in [3.05, 3.63) is 29.8 Å². The molecule has 1 rings (SSSR count). The van der Waals surface area contributed by atoms with Gasteiger partial charge in [-0.15, -0.1) is 0 Å². The normalized spacial score (nSPS) is 11.2. The number of hydrogen-bond acceptors (Lipinski definition) is 4. The first kappa shape index (κ1) is 14.6. The third-order valence-corrected chi connectivity index (χ3v) is 3.19. The van der Waals surface area contributed by atoms with Crippen molar-refractivity contribution in [2.75, 3.05) is 20.3 Å². The van der Waals surface area contributed by atoms with E-state index in [2.05, 4.69) is 5.32 Å². The molecule has 1 aromatic rings. The highest BCUT2D eigenvalue weighted by Gasteiger charge is 2.09. The van der Waals surface area contributed by atoms with Crippen LogP contribution in [-0.4, -0.2) is 34.6 Å². The van der Waals surface area contributed by atoms with Gasteiger partial charge in [0.15, 0.2) is 0 Å². The topological polar surface area (TPSA) is 98.5 Å². The van der Waals surface area contributed by atoms with Crippen LogP contribution in [0.15, 0.2) is 29.2 Å². The number of carbonyl (C=O) groups excluding carboxylic acids is 1. The Morgan fingerprint density at radius 2 is 1.94 bits per heavy atom. The molecule has 6 nitrogen and oxygen atoms in total. The Morgan fingerprint density at radius 1 is 1.33 bits per heavy atom. The van der Waals surface area contributed by atoms with Gasteiger partial charge in [0.25, 0.3) is 5.91 Å². The van der Waals surface area contributed by atoms with Crippen molar-refractivity contribution >= 4 is 15.9 Å². The van der Waals surface area contributed by atoms with Gasteiger partial charge in [-0.1, -0.05) is 0 Å². The zero-order valence-electron chi connectivity index (χ0n) is 10.0. The van der Waals surface area contributed by atoms with Gasteiger partial charge in [0.05, 0.1) is 4.90 Å². The lowest BCUT2D eigenvalue weighted by Crippen LogP contribution is -2.25. The Hall–Kier alpha value is -1.44. The second-order valence-electron chi connectivity index (χ2n) is 3.67. The fraction of sp³-hybridized carbons (Fsp3) is 0.364. The summed E-state index contributed by atoms with van der Waals surface area (Å²) in [5.41, 5.74) is 0.389. The molecule has 18 heavy (non-hydrogen) atoms. The third kappa shape index (κ3) is 4.44. The lowest BCUT2D eigenvalue weighted by Gasteiger charge is -2.05. The molecule has 7 heteroatoms. The molecule has 3 N–H and O–H groups in total. The largest absolute Gasteiger partial charge is 0.385 e. The summed E-state index contributed by atoms with van der Waals surface area (Å²) < 4.78 is 26.9. The monoisotopic (exact) mass is 272 g/mol. The van der Waals surface area contributed by atoms with E-state index in [1.54, 1.807) is 7.11 Å². The minimum absolute atomic E-state index is 0.0153. The van der Waals surface area contributed by atoms with Crippen molar-refractivity contribution in [1.29, 1.82) is 0 Å². The smallest absolute Gasteiger partial charge is 0.251 e. The predicted molar refractivity (Wildman–Crippen MR) is 66.6 cm³/mol. The third-order valence-electron chi connectivity index (χ3n) is 2.26. The number of nitrogens with two attached hydrogens (primary N) is 1. The maximum Gasteiger partial charge on any atom is 0.251 e. The number of carbonyl (C=O) groups is 1. The lowest BCUT2D eigenvalue weighted by molar-refractivity contribution is 0.0948. The van der Waals surface area contributed by atoms with Crippen molar-refractivity contribution in [3.8, 4) is 0 Å². The standard InChI is InChI=1S/C11H16N2O4S/c1-17-8-2-7-13-11(14)9-3-5-10(6-4-9)18(12,15)16/h3-6H,2,7-8H2,1H3,(H,13,14)(H2,12,15,16). The highest BCUT2D eigenvalue weighted by atomic mass is 32.2. The molecule has 0 aliphatic carbocycles. The molecule has 0 saturated carbocycles. The predicted octanol–water partition coefficient (Wildman–Crippen LogP) is 0.100. The quantitative estimate of drug-likeness (QED) is 0.717. The van der Waals surface area contributed by atoms with E-state index in [4.69, 9.17) is 9.88 Å². The van der Waals surface area contributed by atoms with Crippen LogP contribution in [0.5, 0.6) is 0 Å². The molecular weight excluding hydrogens is 256 g/mol. The van der Waals surface area contributed by atoms with Gasteiger partial charge in [0.2, 0.25) is 10.0 Å². The van der Waals surface area contributed by atoms with E-state index in [9.17, 15) is 13.2 Å². The van der Waals surface area contributed by atoms with E-state index >= 15 is 0 Å². The number of benzene rings is 1. The van der Waals surface area contributed by atoms with Crippen LogP contribution in [0.25, 0.3) is 0 Å². The molecule has 0 atom stereocenters. The van der Waals surface area contributed by atoms with Crippen LogP contribution in [0.1, 0.15) is 16.8 Å². The molecule has 0 saturated heterocycles. The molecule has 0 heterocycles. The summed E-state index contributed by atoms with van der Waals surface area (Å²) in [5.74, 6) is -0.257. The number of primary sulfonamides is 1. The number of rotatable bonds is 6. The molecule has 0 aliphatic rings. The van der Waals surface area contributed by atoms with Gasteiger partial charge in [0, 0.05) is 25.8 Å². The molecule has 100 valence electrons. The number of sulfonamides is 1. The first-order valence-electron chi connectivity index (χ1n) is 5.35. The molecule has 1 amide bonds. The van der Waals surface area contributed by atoms with Crippen LogP contribution in [0.3, 0.4) is 0 Å². The second-order valence-corrected chi connectivity index (χ2v) is 5.23. The van der Waals surface area contributed by atoms with Crippen LogP contribution in [0, 0.1) is 0 Å². The van der Waals surface area contributed by atoms with E-state index in [0.717, 1.165) is 6.42 Å². The molecule has 0 aliphatic heterocycles. The Bertz CT molecular complexity index is 496. The maximum atomic E-state index is 11.6. The summed E-state index contributed by atoms with van der Waals surface area (Å²) >= 11 is 0. The molecule has 1 aromatic carbocycles. The minimum Gasteiger partial charge on any atom is -0.385 e. The molecule has 0 spiro atoms. The van der Waals surface area contributed by atoms with Crippen molar-refractivity contribution in [2.24, 2.45) is 5.14 Å². The number of nitrogens with one attached hydrogen (secondary N) is 1. The number of amides is 1. The van der Waals surface area contributed by atoms with Gasteiger partial charge in [0.1, 0.15) is 0 Å². The van der Waals surface area contributed by atoms with Gasteiger partial charge < -0.3 is 10.1 Å². The zero-order chi connectivity index (χ0) is 13.6. The summed E-state index contributed by atoms with van der Waals surface area (Å²) in [6.45, 7) is 1.08. The maximum absolute atomic E-state index is 11.6. The Balaban J connectivity index is 2.60. The van der Waals surface area contributed by atoms with E-state index < -0.39 is 10.0 Å². The number of ether oxygens (including phenoxy) is 1. The second kappa shape index (κ2) is 6.48. The van der Waals surface area contributed by atoms with Gasteiger partial charge in [-0.25, -0.2) is 13.6 Å². The van der Waals surface area contributed by atoms with Gasteiger partial charge in [-0.05, 0) is 30.7 Å². The Kier molecular flexibility index (Phi) is 5.26. The molecule has 0 aromatic heterocycles. The van der Waals surface area contributed by atoms with E-state index in [0.29, 0.717) is 18.7 Å². The van der Waals surface area contributed by atoms with Crippen molar-refractivity contribution in [1.82, 2.24) is 5.32 Å². The highest BCUT2D eigenvalue weighted by Crippen LogP contribution is 2.08. The van der Waals surface area contributed by atoms with E-state index in [1.165, 1.54) is 24.3 Å². The van der Waals surface area contributed by atoms with Crippen molar-refractivity contribution < 1.29 is 17.9 Å². The Morgan fingerprint density at radius 3 is 2.44 bits per heavy atom. The molecule has 0 unspecified atom stereocenters. The first-order chi connectivity index (χ1) is 8.45. The fourth-order valence-electron chi connectivity index (χ4n) is 1.32. The number of hydrogen-bond donors (Lipinski definition) is 2. The lowest BCUT2D eigenvalue weighted by atomic mass is 10.2. The van der Waals surface area contributed by atoms with Gasteiger partial charge in [-0.2, -0.15) is 0 Å². The SMILES string of the molecule is COCCCNC(=O)c1ccc(S(N)(=O)=O)cc1. The minimum atomic E-state index is -3.72. The number of methoxy groups -OCH3 is 1. The van der Waals surface area contributed by atoms with Crippen LogP contribution < -0.4 is 10.5 Å². The zero-order valence-corrected chi connectivity index (χ0v) is 10.9. The molecule has 0 fully saturated rings. The summed E-state index contributed by atoms with van der Waals surface area (Å²) in [6, 6.07) is 5.45. The van der Waals surface area contributed by atoms with E-state index in [1.807, 2.05) is 0 Å². The van der Waals surface area contributed by atoms with Crippen LogP contribution in [-0.2, 0) is 14.8 Å². The molecule has 0 radical (unpaired) electrons. The molecule has 0 bridgehead atoms. The highest BCUT2D eigenvalue weighted by molar-refractivity contribution is 7.89. The fourth-order valence-corrected chi connectivity index (χ4v) is 1.83. The average Bonchev–Trinajstić information content (AvgIpc) is 2.33. The first-order valence-corrected chi connectivity index (χ1v) is 6.90. The molecular formula is C11H16N2O4S. The summed E-state index contributed by atoms with van der Waals surface area (Å²) in [7, 11) is -2.13. The van der Waals surface area contributed by atoms with Crippen LogP contribution >= 0.6 is 0 Å². The Labute approximate surface area is 106 Å². The van der Waals surface area contributed by atoms with Crippen LogP contribution in [0.4, 0.5) is 0 Å². The summed E-state index contributed by atoms with van der Waals surface area (Å²) in [6.07, 6.45) is 0.720. The summed E-state index contributed by atoms with van der Waals surface area (Å²) in [5, 5.41) is 7.65. The average molecular weight is 272 g/mol. The van der Waals surface area contributed by atoms with Gasteiger partial charge >= 0.3 is 0 Å². The van der Waals surface area contributed by atoms with Gasteiger partial charge in [-0.3, -0.25) is 4.79 Å². The summed E-state index contributed by atoms with van der Waals surface area (Å²) in [4.78, 5) is 11.6. The van der Waals surface area contributed by atoms with Crippen molar-refractivity contribution in [3.63, 3.8) is 0 Å².